The molecule has 4 heteroatoms. The molecule has 2 rings (SSSR count). The van der Waals surface area contributed by atoms with E-state index in [0.717, 1.165) is 28.2 Å². The number of benzene rings is 2. The maximum atomic E-state index is 5.73. The van der Waals surface area contributed by atoms with Crippen LogP contribution in [0, 0.1) is 6.92 Å². The molecule has 0 spiro atoms. The zero-order chi connectivity index (χ0) is 14.5. The molecule has 2 aromatic rings. The second kappa shape index (κ2) is 6.41. The number of methoxy groups -OCH3 is 2. The number of aryl methyl sites for hydroxylation is 1. The fraction of sp³-hybridized carbons (Fsp3) is 0.250. The summed E-state index contributed by atoms with van der Waals surface area (Å²) in [6.45, 7) is 2.03. The van der Waals surface area contributed by atoms with Gasteiger partial charge in [-0.05, 0) is 36.2 Å². The van der Waals surface area contributed by atoms with E-state index in [4.69, 9.17) is 15.3 Å². The zero-order valence-electron chi connectivity index (χ0n) is 12.0. The molecular weight excluding hydrogens is 252 g/mol. The SMILES string of the molecule is COc1ccc(C(NN)c2ccc(C)cc2OC)cc1. The molecule has 1 unspecified atom stereocenters. The first-order chi connectivity index (χ1) is 9.69. The molecule has 0 bridgehead atoms. The van der Waals surface area contributed by atoms with Gasteiger partial charge in [0.1, 0.15) is 11.5 Å². The van der Waals surface area contributed by atoms with E-state index >= 15 is 0 Å². The van der Waals surface area contributed by atoms with Gasteiger partial charge in [-0.25, -0.2) is 5.43 Å². The van der Waals surface area contributed by atoms with Crippen LogP contribution in [-0.4, -0.2) is 14.2 Å². The van der Waals surface area contributed by atoms with Crippen LogP contribution in [0.2, 0.25) is 0 Å². The zero-order valence-corrected chi connectivity index (χ0v) is 12.0. The average Bonchev–Trinajstić information content (AvgIpc) is 2.50. The van der Waals surface area contributed by atoms with Crippen molar-refractivity contribution in [3.8, 4) is 11.5 Å². The summed E-state index contributed by atoms with van der Waals surface area (Å²) >= 11 is 0. The third-order valence-corrected chi connectivity index (χ3v) is 3.32. The first kappa shape index (κ1) is 14.4. The molecule has 1 atom stereocenters. The molecular formula is C16H20N2O2. The molecule has 0 aliphatic carbocycles. The average molecular weight is 272 g/mol. The molecule has 0 saturated carbocycles. The molecule has 20 heavy (non-hydrogen) atoms. The van der Waals surface area contributed by atoms with Crippen molar-refractivity contribution >= 4 is 0 Å². The standard InChI is InChI=1S/C16H20N2O2/c1-11-4-9-14(15(10-11)20-3)16(18-17)12-5-7-13(19-2)8-6-12/h4-10,16,18H,17H2,1-3H3. The van der Waals surface area contributed by atoms with Gasteiger partial charge in [0.2, 0.25) is 0 Å². The third kappa shape index (κ3) is 2.92. The highest BCUT2D eigenvalue weighted by molar-refractivity contribution is 5.44. The highest BCUT2D eigenvalue weighted by atomic mass is 16.5. The van der Waals surface area contributed by atoms with E-state index in [0.29, 0.717) is 0 Å². The van der Waals surface area contributed by atoms with E-state index in [2.05, 4.69) is 5.43 Å². The van der Waals surface area contributed by atoms with Gasteiger partial charge in [0, 0.05) is 5.56 Å². The predicted octanol–water partition coefficient (Wildman–Crippen LogP) is 2.56. The van der Waals surface area contributed by atoms with Gasteiger partial charge in [-0.2, -0.15) is 0 Å². The summed E-state index contributed by atoms with van der Waals surface area (Å²) in [4.78, 5) is 0. The number of nitrogens with two attached hydrogens (primary N) is 1. The molecule has 0 radical (unpaired) electrons. The minimum absolute atomic E-state index is 0.128. The van der Waals surface area contributed by atoms with Crippen LogP contribution >= 0.6 is 0 Å². The molecule has 0 aliphatic rings. The molecule has 0 amide bonds. The van der Waals surface area contributed by atoms with Crippen LogP contribution in [0.15, 0.2) is 42.5 Å². The Hall–Kier alpha value is -2.04. The summed E-state index contributed by atoms with van der Waals surface area (Å²) in [6, 6.07) is 13.8. The van der Waals surface area contributed by atoms with Gasteiger partial charge in [0.15, 0.2) is 0 Å². The molecule has 0 fully saturated rings. The van der Waals surface area contributed by atoms with Crippen LogP contribution < -0.4 is 20.7 Å². The van der Waals surface area contributed by atoms with Gasteiger partial charge in [-0.15, -0.1) is 0 Å². The molecule has 2 aromatic carbocycles. The van der Waals surface area contributed by atoms with Crippen molar-refractivity contribution in [3.05, 3.63) is 59.2 Å². The second-order valence-electron chi connectivity index (χ2n) is 4.62. The van der Waals surface area contributed by atoms with Gasteiger partial charge in [-0.3, -0.25) is 5.84 Å². The predicted molar refractivity (Wildman–Crippen MR) is 79.9 cm³/mol. The fourth-order valence-corrected chi connectivity index (χ4v) is 2.22. The van der Waals surface area contributed by atoms with Crippen LogP contribution in [0.3, 0.4) is 0 Å². The van der Waals surface area contributed by atoms with Crippen molar-refractivity contribution in [2.75, 3.05) is 14.2 Å². The molecule has 0 aromatic heterocycles. The van der Waals surface area contributed by atoms with Crippen molar-refractivity contribution in [2.45, 2.75) is 13.0 Å². The van der Waals surface area contributed by atoms with Crippen LogP contribution in [0.1, 0.15) is 22.7 Å². The Balaban J connectivity index is 2.40. The Kier molecular flexibility index (Phi) is 4.61. The monoisotopic (exact) mass is 272 g/mol. The molecule has 3 N–H and O–H groups in total. The van der Waals surface area contributed by atoms with Crippen molar-refractivity contribution in [2.24, 2.45) is 5.84 Å². The Morgan fingerprint density at radius 3 is 2.25 bits per heavy atom. The molecule has 0 heterocycles. The summed E-state index contributed by atoms with van der Waals surface area (Å²) in [5, 5.41) is 0. The van der Waals surface area contributed by atoms with E-state index in [9.17, 15) is 0 Å². The molecule has 106 valence electrons. The summed E-state index contributed by atoms with van der Waals surface area (Å²) in [6.07, 6.45) is 0. The van der Waals surface area contributed by atoms with Crippen molar-refractivity contribution in [1.82, 2.24) is 5.43 Å². The van der Waals surface area contributed by atoms with Crippen LogP contribution in [-0.2, 0) is 0 Å². The Bertz CT molecular complexity index is 567. The highest BCUT2D eigenvalue weighted by Crippen LogP contribution is 2.31. The van der Waals surface area contributed by atoms with Crippen molar-refractivity contribution in [1.29, 1.82) is 0 Å². The lowest BCUT2D eigenvalue weighted by Gasteiger charge is -2.20. The van der Waals surface area contributed by atoms with E-state index in [1.54, 1.807) is 14.2 Å². The lowest BCUT2D eigenvalue weighted by atomic mass is 9.97. The normalized spacial score (nSPS) is 12.0. The van der Waals surface area contributed by atoms with Crippen molar-refractivity contribution in [3.63, 3.8) is 0 Å². The van der Waals surface area contributed by atoms with Gasteiger partial charge in [0.05, 0.1) is 20.3 Å². The van der Waals surface area contributed by atoms with Gasteiger partial charge in [0.25, 0.3) is 0 Å². The lowest BCUT2D eigenvalue weighted by molar-refractivity contribution is 0.403. The quantitative estimate of drug-likeness (QED) is 0.649. The number of nitrogens with one attached hydrogen (secondary N) is 1. The number of rotatable bonds is 5. The maximum Gasteiger partial charge on any atom is 0.124 e. The van der Waals surface area contributed by atoms with Gasteiger partial charge >= 0.3 is 0 Å². The van der Waals surface area contributed by atoms with Crippen LogP contribution in [0.4, 0.5) is 0 Å². The molecule has 0 saturated heterocycles. The van der Waals surface area contributed by atoms with Gasteiger partial charge < -0.3 is 9.47 Å². The van der Waals surface area contributed by atoms with E-state index in [1.807, 2.05) is 49.4 Å². The molecule has 0 aliphatic heterocycles. The number of hydrogen-bond acceptors (Lipinski definition) is 4. The van der Waals surface area contributed by atoms with Crippen LogP contribution in [0.5, 0.6) is 11.5 Å². The Morgan fingerprint density at radius 1 is 1.00 bits per heavy atom. The largest absolute Gasteiger partial charge is 0.497 e. The smallest absolute Gasteiger partial charge is 0.124 e. The summed E-state index contributed by atoms with van der Waals surface area (Å²) in [7, 11) is 3.32. The molecule has 4 nitrogen and oxygen atoms in total. The topological polar surface area (TPSA) is 56.5 Å². The minimum atomic E-state index is -0.128. The lowest BCUT2D eigenvalue weighted by Crippen LogP contribution is -2.29. The minimum Gasteiger partial charge on any atom is -0.497 e. The number of ether oxygens (including phenoxy) is 2. The van der Waals surface area contributed by atoms with E-state index in [1.165, 1.54) is 0 Å². The number of hydrogen-bond donors (Lipinski definition) is 2. The van der Waals surface area contributed by atoms with Gasteiger partial charge in [-0.1, -0.05) is 24.3 Å². The summed E-state index contributed by atoms with van der Waals surface area (Å²) in [5.74, 6) is 7.37. The first-order valence-corrected chi connectivity index (χ1v) is 6.44. The Labute approximate surface area is 119 Å². The number of hydrazine groups is 1. The van der Waals surface area contributed by atoms with Crippen LogP contribution in [0.25, 0.3) is 0 Å². The fourth-order valence-electron chi connectivity index (χ4n) is 2.22. The highest BCUT2D eigenvalue weighted by Gasteiger charge is 2.17. The third-order valence-electron chi connectivity index (χ3n) is 3.32. The second-order valence-corrected chi connectivity index (χ2v) is 4.62. The van der Waals surface area contributed by atoms with E-state index < -0.39 is 0 Å². The van der Waals surface area contributed by atoms with E-state index in [-0.39, 0.29) is 6.04 Å². The Morgan fingerprint density at radius 2 is 1.70 bits per heavy atom. The van der Waals surface area contributed by atoms with Crippen molar-refractivity contribution < 1.29 is 9.47 Å². The first-order valence-electron chi connectivity index (χ1n) is 6.44. The summed E-state index contributed by atoms with van der Waals surface area (Å²) in [5.41, 5.74) is 6.05. The maximum absolute atomic E-state index is 5.73. The summed E-state index contributed by atoms with van der Waals surface area (Å²) < 4.78 is 10.6.